The molecule has 2 aromatic rings. The van der Waals surface area contributed by atoms with Gasteiger partial charge in [-0.15, -0.1) is 6.58 Å². The largest absolute Gasteiger partial charge is 0.352 e. The number of aromatic amines is 1. The first-order valence-corrected chi connectivity index (χ1v) is 7.34. The molecule has 1 heterocycles. The van der Waals surface area contributed by atoms with Gasteiger partial charge in [0.05, 0.1) is 17.1 Å². The van der Waals surface area contributed by atoms with Crippen LogP contribution in [0.25, 0.3) is 11.3 Å². The minimum atomic E-state index is -0.277. The Morgan fingerprint density at radius 3 is 2.90 bits per heavy atom. The first-order valence-electron chi connectivity index (χ1n) is 6.46. The van der Waals surface area contributed by atoms with E-state index < -0.39 is 0 Å². The molecule has 1 aromatic heterocycles. The van der Waals surface area contributed by atoms with Gasteiger partial charge >= 0.3 is 0 Å². The van der Waals surface area contributed by atoms with Gasteiger partial charge < -0.3 is 10.3 Å². The van der Waals surface area contributed by atoms with Crippen LogP contribution < -0.4 is 5.32 Å². The van der Waals surface area contributed by atoms with Crippen LogP contribution in [0, 0.1) is 5.82 Å². The Hall–Kier alpha value is -2.08. The molecule has 0 radical (unpaired) electrons. The summed E-state index contributed by atoms with van der Waals surface area (Å²) in [4.78, 5) is 19.1. The van der Waals surface area contributed by atoms with E-state index in [2.05, 4.69) is 21.9 Å². The smallest absolute Gasteiger partial charge is 0.233 e. The van der Waals surface area contributed by atoms with Crippen molar-refractivity contribution in [2.24, 2.45) is 0 Å². The number of carbonyl (C=O) groups is 1. The number of amides is 1. The summed E-state index contributed by atoms with van der Waals surface area (Å²) >= 11 is 1.33. The number of halogens is 1. The molecule has 0 aliphatic carbocycles. The molecule has 0 spiro atoms. The summed E-state index contributed by atoms with van der Waals surface area (Å²) < 4.78 is 12.9. The number of hydrogen-bond acceptors (Lipinski definition) is 3. The molecule has 0 aliphatic rings. The van der Waals surface area contributed by atoms with Crippen molar-refractivity contribution >= 4 is 17.7 Å². The van der Waals surface area contributed by atoms with E-state index in [-0.39, 0.29) is 17.0 Å². The molecule has 0 bridgehead atoms. The lowest BCUT2D eigenvalue weighted by Crippen LogP contribution is -2.30. The third-order valence-electron chi connectivity index (χ3n) is 2.79. The minimum absolute atomic E-state index is 0.0698. The lowest BCUT2D eigenvalue weighted by atomic mass is 10.2. The summed E-state index contributed by atoms with van der Waals surface area (Å²) in [5, 5.41) is 3.12. The molecule has 0 saturated carbocycles. The van der Waals surface area contributed by atoms with E-state index in [4.69, 9.17) is 0 Å². The first-order chi connectivity index (χ1) is 10.1. The molecule has 1 unspecified atom stereocenters. The molecule has 0 saturated heterocycles. The molecule has 21 heavy (non-hydrogen) atoms. The Morgan fingerprint density at radius 2 is 2.24 bits per heavy atom. The molecule has 0 fully saturated rings. The summed E-state index contributed by atoms with van der Waals surface area (Å²) in [5.74, 6) is -0.347. The van der Waals surface area contributed by atoms with Crippen LogP contribution >= 0.6 is 11.8 Å². The van der Waals surface area contributed by atoms with Gasteiger partial charge in [0.2, 0.25) is 5.91 Å². The van der Waals surface area contributed by atoms with Crippen molar-refractivity contribution in [3.8, 4) is 11.3 Å². The Kier molecular flexibility index (Phi) is 5.16. The van der Waals surface area contributed by atoms with Crippen LogP contribution in [-0.4, -0.2) is 27.7 Å². The summed E-state index contributed by atoms with van der Waals surface area (Å²) in [5.41, 5.74) is 1.63. The zero-order chi connectivity index (χ0) is 15.2. The number of benzene rings is 1. The minimum Gasteiger partial charge on any atom is -0.352 e. The van der Waals surface area contributed by atoms with Gasteiger partial charge in [-0.1, -0.05) is 17.8 Å². The summed E-state index contributed by atoms with van der Waals surface area (Å²) in [6.07, 6.45) is 3.30. The monoisotopic (exact) mass is 305 g/mol. The lowest BCUT2D eigenvalue weighted by Gasteiger charge is -2.08. The molecule has 4 nitrogen and oxygen atoms in total. The van der Waals surface area contributed by atoms with Crippen molar-refractivity contribution in [3.05, 3.63) is 48.9 Å². The fourth-order valence-corrected chi connectivity index (χ4v) is 2.48. The van der Waals surface area contributed by atoms with E-state index in [1.54, 1.807) is 24.4 Å². The van der Waals surface area contributed by atoms with Crippen molar-refractivity contribution in [1.29, 1.82) is 0 Å². The second-order valence-corrected chi connectivity index (χ2v) is 5.73. The number of imidazole rings is 1. The second kappa shape index (κ2) is 7.08. The molecule has 2 rings (SSSR count). The topological polar surface area (TPSA) is 57.8 Å². The summed E-state index contributed by atoms with van der Waals surface area (Å²) in [6.45, 7) is 5.81. The quantitative estimate of drug-likeness (QED) is 0.637. The van der Waals surface area contributed by atoms with Gasteiger partial charge in [-0.2, -0.15) is 0 Å². The van der Waals surface area contributed by atoms with E-state index >= 15 is 0 Å². The lowest BCUT2D eigenvalue weighted by molar-refractivity contribution is -0.120. The summed E-state index contributed by atoms with van der Waals surface area (Å²) in [7, 11) is 0. The fraction of sp³-hybridized carbons (Fsp3) is 0.200. The number of hydrogen-bond donors (Lipinski definition) is 2. The maximum absolute atomic E-state index is 12.9. The molecular formula is C15H16FN3OS. The Bertz CT molecular complexity index is 624. The van der Waals surface area contributed by atoms with Crippen LogP contribution in [0.15, 0.2) is 48.3 Å². The van der Waals surface area contributed by atoms with E-state index in [0.717, 1.165) is 11.3 Å². The highest BCUT2D eigenvalue weighted by Gasteiger charge is 2.15. The average Bonchev–Trinajstić information content (AvgIpc) is 2.93. The number of rotatable bonds is 6. The maximum atomic E-state index is 12.9. The zero-order valence-corrected chi connectivity index (χ0v) is 12.4. The highest BCUT2D eigenvalue weighted by molar-refractivity contribution is 8.00. The highest BCUT2D eigenvalue weighted by atomic mass is 32.2. The Labute approximate surface area is 126 Å². The number of aromatic nitrogens is 2. The fourth-order valence-electron chi connectivity index (χ4n) is 1.68. The van der Waals surface area contributed by atoms with Gasteiger partial charge in [-0.05, 0) is 36.8 Å². The predicted molar refractivity (Wildman–Crippen MR) is 82.5 cm³/mol. The number of carbonyl (C=O) groups excluding carboxylic acids is 1. The van der Waals surface area contributed by atoms with Crippen molar-refractivity contribution in [2.75, 3.05) is 6.54 Å². The van der Waals surface area contributed by atoms with E-state index in [1.807, 2.05) is 6.92 Å². The predicted octanol–water partition coefficient (Wildman–Crippen LogP) is 3.00. The summed E-state index contributed by atoms with van der Waals surface area (Å²) in [6, 6.07) is 6.15. The van der Waals surface area contributed by atoms with Gasteiger partial charge in [0.25, 0.3) is 0 Å². The van der Waals surface area contributed by atoms with Gasteiger partial charge in [-0.25, -0.2) is 9.37 Å². The van der Waals surface area contributed by atoms with Crippen molar-refractivity contribution in [2.45, 2.75) is 17.3 Å². The normalized spacial score (nSPS) is 11.9. The number of H-pyrrole nitrogens is 1. The Balaban J connectivity index is 2.01. The highest BCUT2D eigenvalue weighted by Crippen LogP contribution is 2.24. The maximum Gasteiger partial charge on any atom is 0.233 e. The van der Waals surface area contributed by atoms with Gasteiger partial charge in [0.15, 0.2) is 5.16 Å². The number of nitrogens with one attached hydrogen (secondary N) is 2. The van der Waals surface area contributed by atoms with E-state index in [0.29, 0.717) is 11.7 Å². The van der Waals surface area contributed by atoms with Crippen molar-refractivity contribution in [3.63, 3.8) is 0 Å². The molecule has 0 aliphatic heterocycles. The van der Waals surface area contributed by atoms with Gasteiger partial charge in [0, 0.05) is 6.54 Å². The average molecular weight is 305 g/mol. The van der Waals surface area contributed by atoms with Gasteiger partial charge in [0.1, 0.15) is 5.82 Å². The Morgan fingerprint density at radius 1 is 1.52 bits per heavy atom. The molecule has 1 atom stereocenters. The molecular weight excluding hydrogens is 289 g/mol. The molecule has 6 heteroatoms. The number of nitrogens with zero attached hydrogens (tertiary/aromatic N) is 1. The van der Waals surface area contributed by atoms with E-state index in [1.165, 1.54) is 23.9 Å². The van der Waals surface area contributed by atoms with E-state index in [9.17, 15) is 9.18 Å². The van der Waals surface area contributed by atoms with Crippen molar-refractivity contribution < 1.29 is 9.18 Å². The van der Waals surface area contributed by atoms with Crippen LogP contribution in [0.4, 0.5) is 4.39 Å². The first kappa shape index (κ1) is 15.3. The number of thioether (sulfide) groups is 1. The standard InChI is InChI=1S/C15H16FN3OS/c1-3-8-17-14(20)10(2)21-15-18-9-13(19-15)11-4-6-12(16)7-5-11/h3-7,9-10H,1,8H2,2H3,(H,17,20)(H,18,19). The van der Waals surface area contributed by atoms with Crippen LogP contribution in [0.2, 0.25) is 0 Å². The van der Waals surface area contributed by atoms with Crippen molar-refractivity contribution in [1.82, 2.24) is 15.3 Å². The van der Waals surface area contributed by atoms with Crippen LogP contribution in [0.1, 0.15) is 6.92 Å². The van der Waals surface area contributed by atoms with Gasteiger partial charge in [-0.3, -0.25) is 4.79 Å². The molecule has 110 valence electrons. The third kappa shape index (κ3) is 4.19. The SMILES string of the molecule is C=CCNC(=O)C(C)Sc1ncc(-c2ccc(F)cc2)[nH]1. The molecule has 1 aromatic carbocycles. The van der Waals surface area contributed by atoms with Crippen LogP contribution in [-0.2, 0) is 4.79 Å². The van der Waals surface area contributed by atoms with Crippen LogP contribution in [0.3, 0.4) is 0 Å². The third-order valence-corrected chi connectivity index (χ3v) is 3.78. The molecule has 2 N–H and O–H groups in total. The van der Waals surface area contributed by atoms with Crippen LogP contribution in [0.5, 0.6) is 0 Å². The molecule has 1 amide bonds. The zero-order valence-electron chi connectivity index (χ0n) is 11.6. The second-order valence-electron chi connectivity index (χ2n) is 4.40.